The highest BCUT2D eigenvalue weighted by atomic mass is 35.5. The fourth-order valence-electron chi connectivity index (χ4n) is 2.13. The first kappa shape index (κ1) is 17.9. The van der Waals surface area contributed by atoms with Gasteiger partial charge in [-0.05, 0) is 43.5 Å². The number of aromatic nitrogens is 2. The summed E-state index contributed by atoms with van der Waals surface area (Å²) in [6, 6.07) is 5.74. The summed E-state index contributed by atoms with van der Waals surface area (Å²) < 4.78 is 7.89. The second-order valence-electron chi connectivity index (χ2n) is 4.97. The third-order valence-corrected chi connectivity index (χ3v) is 3.50. The van der Waals surface area contributed by atoms with Gasteiger partial charge in [0, 0.05) is 24.0 Å². The molecule has 0 N–H and O–H groups in total. The van der Waals surface area contributed by atoms with E-state index in [1.54, 1.807) is 0 Å². The van der Waals surface area contributed by atoms with Crippen LogP contribution in [0.2, 0.25) is 5.02 Å². The first-order valence-corrected chi connectivity index (χ1v) is 7.48. The summed E-state index contributed by atoms with van der Waals surface area (Å²) in [7, 11) is 0. The minimum absolute atomic E-state index is 0. The number of benzene rings is 1. The summed E-state index contributed by atoms with van der Waals surface area (Å²) in [5.41, 5.74) is 1.10. The predicted molar refractivity (Wildman–Crippen MR) is 89.6 cm³/mol. The van der Waals surface area contributed by atoms with Crippen LogP contribution in [-0.2, 0) is 6.54 Å². The minimum Gasteiger partial charge on any atom is -0.493 e. The van der Waals surface area contributed by atoms with Gasteiger partial charge in [-0.1, -0.05) is 24.4 Å². The van der Waals surface area contributed by atoms with Crippen molar-refractivity contribution in [1.29, 1.82) is 0 Å². The van der Waals surface area contributed by atoms with Crippen LogP contribution in [0.25, 0.3) is 0 Å². The lowest BCUT2D eigenvalue weighted by Gasteiger charge is -2.09. The highest BCUT2D eigenvalue weighted by Crippen LogP contribution is 2.22. The Labute approximate surface area is 137 Å². The van der Waals surface area contributed by atoms with Crippen LogP contribution in [-0.4, -0.2) is 16.2 Å². The lowest BCUT2D eigenvalue weighted by atomic mass is 10.2. The quantitative estimate of drug-likeness (QED) is 0.644. The van der Waals surface area contributed by atoms with Crippen molar-refractivity contribution in [3.05, 3.63) is 47.5 Å². The second-order valence-corrected chi connectivity index (χ2v) is 5.41. The van der Waals surface area contributed by atoms with Crippen molar-refractivity contribution in [2.75, 3.05) is 6.61 Å². The molecular formula is C16H22Cl2N2O. The highest BCUT2D eigenvalue weighted by Gasteiger charge is 2.00. The molecule has 2 rings (SSSR count). The average molecular weight is 329 g/mol. The Morgan fingerprint density at radius 3 is 2.71 bits per heavy atom. The molecule has 0 saturated carbocycles. The lowest BCUT2D eigenvalue weighted by Crippen LogP contribution is -1.99. The van der Waals surface area contributed by atoms with Crippen molar-refractivity contribution in [1.82, 2.24) is 9.55 Å². The molecule has 0 spiro atoms. The third-order valence-electron chi connectivity index (χ3n) is 3.26. The van der Waals surface area contributed by atoms with Gasteiger partial charge in [-0.15, -0.1) is 12.4 Å². The van der Waals surface area contributed by atoms with E-state index in [-0.39, 0.29) is 12.4 Å². The van der Waals surface area contributed by atoms with Gasteiger partial charge in [0.1, 0.15) is 5.75 Å². The Kier molecular flexibility index (Phi) is 8.24. The maximum atomic E-state index is 5.92. The van der Waals surface area contributed by atoms with Gasteiger partial charge in [0.25, 0.3) is 0 Å². The molecule has 0 atom stereocenters. The first-order valence-electron chi connectivity index (χ1n) is 7.10. The zero-order chi connectivity index (χ0) is 14.2. The molecule has 0 fully saturated rings. The summed E-state index contributed by atoms with van der Waals surface area (Å²) in [6.07, 6.45) is 10.4. The fraction of sp³-hybridized carbons (Fsp3) is 0.438. The van der Waals surface area contributed by atoms with E-state index in [1.807, 2.05) is 43.8 Å². The Bertz CT molecular complexity index is 515. The van der Waals surface area contributed by atoms with Gasteiger partial charge in [0.2, 0.25) is 0 Å². The molecule has 21 heavy (non-hydrogen) atoms. The Hall–Kier alpha value is -1.19. The van der Waals surface area contributed by atoms with E-state index < -0.39 is 0 Å². The van der Waals surface area contributed by atoms with Crippen LogP contribution in [0, 0.1) is 6.92 Å². The van der Waals surface area contributed by atoms with Crippen molar-refractivity contribution in [3.8, 4) is 5.75 Å². The summed E-state index contributed by atoms with van der Waals surface area (Å²) in [5.74, 6) is 0.938. The largest absolute Gasteiger partial charge is 0.493 e. The molecule has 5 heteroatoms. The van der Waals surface area contributed by atoms with Crippen LogP contribution < -0.4 is 4.74 Å². The SMILES string of the molecule is Cc1cc(Cl)ccc1OCCCCCCn1ccnc1.Cl. The van der Waals surface area contributed by atoms with E-state index in [2.05, 4.69) is 9.55 Å². The molecule has 1 heterocycles. The highest BCUT2D eigenvalue weighted by molar-refractivity contribution is 6.30. The number of rotatable bonds is 8. The lowest BCUT2D eigenvalue weighted by molar-refractivity contribution is 0.302. The summed E-state index contributed by atoms with van der Waals surface area (Å²) in [4.78, 5) is 4.03. The molecule has 0 unspecified atom stereocenters. The van der Waals surface area contributed by atoms with Gasteiger partial charge < -0.3 is 9.30 Å². The summed E-state index contributed by atoms with van der Waals surface area (Å²) in [5, 5.41) is 0.759. The number of hydrogen-bond acceptors (Lipinski definition) is 2. The number of hydrogen-bond donors (Lipinski definition) is 0. The Morgan fingerprint density at radius 2 is 2.00 bits per heavy atom. The van der Waals surface area contributed by atoms with E-state index in [9.17, 15) is 0 Å². The number of imidazole rings is 1. The molecule has 1 aromatic heterocycles. The monoisotopic (exact) mass is 328 g/mol. The van der Waals surface area contributed by atoms with E-state index in [1.165, 1.54) is 19.3 Å². The minimum atomic E-state index is 0. The smallest absolute Gasteiger partial charge is 0.122 e. The fourth-order valence-corrected chi connectivity index (χ4v) is 2.35. The molecule has 116 valence electrons. The van der Waals surface area contributed by atoms with Crippen LogP contribution >= 0.6 is 24.0 Å². The standard InChI is InChI=1S/C16H21ClN2O.ClH/c1-14-12-15(17)6-7-16(14)20-11-5-3-2-4-9-19-10-8-18-13-19;/h6-8,10,12-13H,2-5,9,11H2,1H3;1H. The van der Waals surface area contributed by atoms with Gasteiger partial charge >= 0.3 is 0 Å². The maximum Gasteiger partial charge on any atom is 0.122 e. The van der Waals surface area contributed by atoms with Gasteiger partial charge in [0.05, 0.1) is 12.9 Å². The van der Waals surface area contributed by atoms with Crippen LogP contribution in [0.15, 0.2) is 36.9 Å². The van der Waals surface area contributed by atoms with Gasteiger partial charge in [-0.25, -0.2) is 4.98 Å². The van der Waals surface area contributed by atoms with Crippen molar-refractivity contribution in [2.24, 2.45) is 0 Å². The van der Waals surface area contributed by atoms with Crippen LogP contribution in [0.4, 0.5) is 0 Å². The first-order chi connectivity index (χ1) is 9.75. The van der Waals surface area contributed by atoms with Gasteiger partial charge in [0.15, 0.2) is 0 Å². The molecule has 2 aromatic rings. The molecule has 1 aromatic carbocycles. The Balaban J connectivity index is 0.00000220. The van der Waals surface area contributed by atoms with Crippen molar-refractivity contribution in [3.63, 3.8) is 0 Å². The topological polar surface area (TPSA) is 27.1 Å². The van der Waals surface area contributed by atoms with Crippen molar-refractivity contribution < 1.29 is 4.74 Å². The van der Waals surface area contributed by atoms with E-state index in [4.69, 9.17) is 16.3 Å². The number of nitrogens with zero attached hydrogens (tertiary/aromatic N) is 2. The number of aryl methyl sites for hydroxylation is 2. The number of ether oxygens (including phenoxy) is 1. The Morgan fingerprint density at radius 1 is 1.19 bits per heavy atom. The maximum absolute atomic E-state index is 5.92. The zero-order valence-corrected chi connectivity index (χ0v) is 13.9. The van der Waals surface area contributed by atoms with E-state index >= 15 is 0 Å². The molecular weight excluding hydrogens is 307 g/mol. The van der Waals surface area contributed by atoms with Gasteiger partial charge in [-0.2, -0.15) is 0 Å². The van der Waals surface area contributed by atoms with Gasteiger partial charge in [-0.3, -0.25) is 0 Å². The zero-order valence-electron chi connectivity index (χ0n) is 12.3. The third kappa shape index (κ3) is 6.40. The molecule has 0 aliphatic carbocycles. The van der Waals surface area contributed by atoms with Crippen molar-refractivity contribution >= 4 is 24.0 Å². The molecule has 3 nitrogen and oxygen atoms in total. The van der Waals surface area contributed by atoms with Crippen LogP contribution in [0.5, 0.6) is 5.75 Å². The molecule has 0 aliphatic rings. The second kappa shape index (κ2) is 9.69. The number of unbranched alkanes of at least 4 members (excludes halogenated alkanes) is 3. The summed E-state index contributed by atoms with van der Waals surface area (Å²) >= 11 is 5.92. The molecule has 0 saturated heterocycles. The normalized spacial score (nSPS) is 10.2. The summed E-state index contributed by atoms with van der Waals surface area (Å²) in [6.45, 7) is 3.84. The predicted octanol–water partition coefficient (Wildman–Crippen LogP) is 4.91. The van der Waals surface area contributed by atoms with Crippen molar-refractivity contribution in [2.45, 2.75) is 39.2 Å². The molecule has 0 amide bonds. The van der Waals surface area contributed by atoms with E-state index in [0.717, 1.165) is 35.9 Å². The van der Waals surface area contributed by atoms with Crippen LogP contribution in [0.1, 0.15) is 31.2 Å². The van der Waals surface area contributed by atoms with E-state index in [0.29, 0.717) is 0 Å². The van der Waals surface area contributed by atoms with Crippen LogP contribution in [0.3, 0.4) is 0 Å². The molecule has 0 aliphatic heterocycles. The molecule has 0 radical (unpaired) electrons. The average Bonchev–Trinajstić information content (AvgIpc) is 2.93. The molecule has 0 bridgehead atoms. The number of halogens is 2.